The highest BCUT2D eigenvalue weighted by Gasteiger charge is 2.25. The van der Waals surface area contributed by atoms with Crippen LogP contribution in [-0.4, -0.2) is 5.97 Å². The molecule has 3 heteroatoms. The van der Waals surface area contributed by atoms with Crippen LogP contribution in [0, 0.1) is 0 Å². The Hall–Kier alpha value is -2.06. The Morgan fingerprint density at radius 2 is 1.78 bits per heavy atom. The second-order valence-corrected chi connectivity index (χ2v) is 4.44. The predicted molar refractivity (Wildman–Crippen MR) is 71.2 cm³/mol. The van der Waals surface area contributed by atoms with E-state index in [1.807, 2.05) is 42.5 Å². The summed E-state index contributed by atoms with van der Waals surface area (Å²) in [6.45, 7) is 0. The SMILES string of the molecule is O=C1OC(=Cc2cccc(Cl)c2)c2ccccc21. The minimum absolute atomic E-state index is 0.307. The van der Waals surface area contributed by atoms with Crippen LogP contribution in [0.15, 0.2) is 48.5 Å². The number of hydrogen-bond acceptors (Lipinski definition) is 2. The fraction of sp³-hybridized carbons (Fsp3) is 0. The molecule has 0 saturated carbocycles. The lowest BCUT2D eigenvalue weighted by atomic mass is 10.1. The maximum atomic E-state index is 11.6. The van der Waals surface area contributed by atoms with Crippen LogP contribution >= 0.6 is 11.6 Å². The van der Waals surface area contributed by atoms with Crippen molar-refractivity contribution in [2.24, 2.45) is 0 Å². The van der Waals surface area contributed by atoms with Gasteiger partial charge in [-0.25, -0.2) is 4.79 Å². The Bertz CT molecular complexity index is 659. The van der Waals surface area contributed by atoms with Crippen LogP contribution < -0.4 is 0 Å². The maximum Gasteiger partial charge on any atom is 0.344 e. The van der Waals surface area contributed by atoms with Crippen LogP contribution in [0.1, 0.15) is 21.5 Å². The van der Waals surface area contributed by atoms with Crippen LogP contribution in [0.25, 0.3) is 11.8 Å². The minimum Gasteiger partial charge on any atom is -0.422 e. The van der Waals surface area contributed by atoms with E-state index >= 15 is 0 Å². The second kappa shape index (κ2) is 4.31. The van der Waals surface area contributed by atoms with Gasteiger partial charge in [0.2, 0.25) is 0 Å². The summed E-state index contributed by atoms with van der Waals surface area (Å²) in [7, 11) is 0. The van der Waals surface area contributed by atoms with Gasteiger partial charge in [0.15, 0.2) is 0 Å². The highest BCUT2D eigenvalue weighted by atomic mass is 35.5. The first-order valence-electron chi connectivity index (χ1n) is 5.53. The van der Waals surface area contributed by atoms with Crippen molar-refractivity contribution < 1.29 is 9.53 Å². The number of cyclic esters (lactones) is 1. The van der Waals surface area contributed by atoms with Crippen molar-refractivity contribution >= 4 is 29.4 Å². The van der Waals surface area contributed by atoms with E-state index in [9.17, 15) is 4.79 Å². The van der Waals surface area contributed by atoms with Crippen LogP contribution in [0.2, 0.25) is 5.02 Å². The summed E-state index contributed by atoms with van der Waals surface area (Å²) in [4.78, 5) is 11.6. The molecule has 2 aromatic rings. The normalized spacial score (nSPS) is 15.6. The molecule has 1 aliphatic heterocycles. The molecule has 0 atom stereocenters. The molecule has 0 radical (unpaired) electrons. The predicted octanol–water partition coefficient (Wildman–Crippen LogP) is 4.01. The van der Waals surface area contributed by atoms with E-state index in [1.165, 1.54) is 0 Å². The van der Waals surface area contributed by atoms with Crippen LogP contribution in [-0.2, 0) is 4.74 Å². The summed E-state index contributed by atoms with van der Waals surface area (Å²) in [6.07, 6.45) is 1.82. The molecule has 0 aromatic heterocycles. The zero-order valence-corrected chi connectivity index (χ0v) is 10.1. The van der Waals surface area contributed by atoms with Crippen molar-refractivity contribution in [3.8, 4) is 0 Å². The van der Waals surface area contributed by atoms with E-state index in [2.05, 4.69) is 0 Å². The quantitative estimate of drug-likeness (QED) is 0.721. The zero-order chi connectivity index (χ0) is 12.5. The number of carbonyl (C=O) groups is 1. The lowest BCUT2D eigenvalue weighted by Gasteiger charge is -1.99. The number of fused-ring (bicyclic) bond motifs is 1. The third kappa shape index (κ3) is 1.91. The van der Waals surface area contributed by atoms with Gasteiger partial charge in [-0.15, -0.1) is 0 Å². The summed E-state index contributed by atoms with van der Waals surface area (Å²) in [5, 5.41) is 0.655. The van der Waals surface area contributed by atoms with Gasteiger partial charge >= 0.3 is 5.97 Å². The summed E-state index contributed by atoms with van der Waals surface area (Å²) < 4.78 is 5.25. The van der Waals surface area contributed by atoms with Crippen LogP contribution in [0.4, 0.5) is 0 Å². The minimum atomic E-state index is -0.307. The summed E-state index contributed by atoms with van der Waals surface area (Å²) in [6, 6.07) is 14.7. The molecule has 0 N–H and O–H groups in total. The molecule has 88 valence electrons. The molecular formula is C15H9ClO2. The Kier molecular flexibility index (Phi) is 2.65. The molecule has 0 aliphatic carbocycles. The number of benzene rings is 2. The summed E-state index contributed by atoms with van der Waals surface area (Å²) in [5.74, 6) is 0.261. The first-order valence-corrected chi connectivity index (χ1v) is 5.91. The number of rotatable bonds is 1. The zero-order valence-electron chi connectivity index (χ0n) is 9.39. The molecule has 0 unspecified atom stereocenters. The number of ether oxygens (including phenoxy) is 1. The van der Waals surface area contributed by atoms with Gasteiger partial charge in [0.25, 0.3) is 0 Å². The Morgan fingerprint density at radius 3 is 2.56 bits per heavy atom. The average Bonchev–Trinajstić information content (AvgIpc) is 2.67. The van der Waals surface area contributed by atoms with E-state index in [0.29, 0.717) is 16.3 Å². The topological polar surface area (TPSA) is 26.3 Å². The van der Waals surface area contributed by atoms with E-state index in [1.54, 1.807) is 12.1 Å². The summed E-state index contributed by atoms with van der Waals surface area (Å²) in [5.41, 5.74) is 2.33. The molecule has 1 heterocycles. The van der Waals surface area contributed by atoms with Crippen molar-refractivity contribution in [1.29, 1.82) is 0 Å². The molecule has 0 spiro atoms. The van der Waals surface area contributed by atoms with Crippen molar-refractivity contribution in [3.63, 3.8) is 0 Å². The molecule has 1 aliphatic rings. The Balaban J connectivity index is 2.07. The highest BCUT2D eigenvalue weighted by molar-refractivity contribution is 6.30. The monoisotopic (exact) mass is 256 g/mol. The lowest BCUT2D eigenvalue weighted by molar-refractivity contribution is 0.0717. The molecule has 18 heavy (non-hydrogen) atoms. The molecule has 0 bridgehead atoms. The van der Waals surface area contributed by atoms with Crippen molar-refractivity contribution in [3.05, 3.63) is 70.2 Å². The van der Waals surface area contributed by atoms with Gasteiger partial charge in [0, 0.05) is 10.6 Å². The number of halogens is 1. The van der Waals surface area contributed by atoms with E-state index in [0.717, 1.165) is 11.1 Å². The second-order valence-electron chi connectivity index (χ2n) is 4.00. The van der Waals surface area contributed by atoms with Crippen LogP contribution in [0.5, 0.6) is 0 Å². The first kappa shape index (κ1) is 11.1. The molecule has 2 nitrogen and oxygen atoms in total. The molecule has 0 saturated heterocycles. The third-order valence-corrected chi connectivity index (χ3v) is 3.00. The molecule has 0 amide bonds. The van der Waals surface area contributed by atoms with E-state index in [-0.39, 0.29) is 5.97 Å². The van der Waals surface area contributed by atoms with Crippen molar-refractivity contribution in [2.75, 3.05) is 0 Å². The van der Waals surface area contributed by atoms with Gasteiger partial charge in [-0.2, -0.15) is 0 Å². The molecular weight excluding hydrogens is 248 g/mol. The molecule has 0 fully saturated rings. The Morgan fingerprint density at radius 1 is 1.00 bits per heavy atom. The standard InChI is InChI=1S/C15H9ClO2/c16-11-5-3-4-10(8-11)9-14-12-6-1-2-7-13(12)15(17)18-14/h1-9H. The van der Waals surface area contributed by atoms with Crippen LogP contribution in [0.3, 0.4) is 0 Å². The number of carbonyl (C=O) groups excluding carboxylic acids is 1. The van der Waals surface area contributed by atoms with Crippen molar-refractivity contribution in [2.45, 2.75) is 0 Å². The molecule has 2 aromatic carbocycles. The number of esters is 1. The van der Waals surface area contributed by atoms with Gasteiger partial charge < -0.3 is 4.74 Å². The smallest absolute Gasteiger partial charge is 0.344 e. The third-order valence-electron chi connectivity index (χ3n) is 2.76. The summed E-state index contributed by atoms with van der Waals surface area (Å²) >= 11 is 5.92. The van der Waals surface area contributed by atoms with Gasteiger partial charge in [-0.1, -0.05) is 41.9 Å². The van der Waals surface area contributed by atoms with Gasteiger partial charge in [0.05, 0.1) is 5.56 Å². The van der Waals surface area contributed by atoms with Gasteiger partial charge in [-0.05, 0) is 29.8 Å². The molecule has 3 rings (SSSR count). The first-order chi connectivity index (χ1) is 8.74. The van der Waals surface area contributed by atoms with E-state index < -0.39 is 0 Å². The highest BCUT2D eigenvalue weighted by Crippen LogP contribution is 2.31. The van der Waals surface area contributed by atoms with Crippen molar-refractivity contribution in [1.82, 2.24) is 0 Å². The van der Waals surface area contributed by atoms with Gasteiger partial charge in [0.1, 0.15) is 5.76 Å². The lowest BCUT2D eigenvalue weighted by Crippen LogP contribution is -1.92. The van der Waals surface area contributed by atoms with Gasteiger partial charge in [-0.3, -0.25) is 0 Å². The average molecular weight is 257 g/mol. The fourth-order valence-corrected chi connectivity index (χ4v) is 2.14. The fourth-order valence-electron chi connectivity index (χ4n) is 1.94. The Labute approximate surface area is 109 Å². The largest absolute Gasteiger partial charge is 0.422 e. The maximum absolute atomic E-state index is 11.6. The number of hydrogen-bond donors (Lipinski definition) is 0. The van der Waals surface area contributed by atoms with E-state index in [4.69, 9.17) is 16.3 Å².